The van der Waals surface area contributed by atoms with Gasteiger partial charge in [0.15, 0.2) is 0 Å². The summed E-state index contributed by atoms with van der Waals surface area (Å²) in [7, 11) is 0. The fourth-order valence-electron chi connectivity index (χ4n) is 2.38. The van der Waals surface area contributed by atoms with Crippen molar-refractivity contribution in [2.45, 2.75) is 65.3 Å². The lowest BCUT2D eigenvalue weighted by molar-refractivity contribution is 0.0726. The lowest BCUT2D eigenvalue weighted by Crippen LogP contribution is -2.35. The van der Waals surface area contributed by atoms with Crippen LogP contribution in [0.15, 0.2) is 0 Å². The Bertz CT molecular complexity index is 180. The van der Waals surface area contributed by atoms with Crippen molar-refractivity contribution >= 4 is 0 Å². The summed E-state index contributed by atoms with van der Waals surface area (Å²) in [4.78, 5) is 0. The maximum absolute atomic E-state index is 5.94. The van der Waals surface area contributed by atoms with Crippen molar-refractivity contribution in [2.24, 2.45) is 11.8 Å². The smallest absolute Gasteiger partial charge is 0.0622 e. The number of hydrogen-bond donors (Lipinski definition) is 1. The molecule has 0 aromatic heterocycles. The summed E-state index contributed by atoms with van der Waals surface area (Å²) >= 11 is 0. The van der Waals surface area contributed by atoms with Gasteiger partial charge >= 0.3 is 0 Å². The minimum atomic E-state index is 0.615. The normalized spacial score (nSPS) is 19.2. The largest absolute Gasteiger partial charge is 0.380 e. The Labute approximate surface area is 108 Å². The zero-order chi connectivity index (χ0) is 12.5. The van der Waals surface area contributed by atoms with Crippen LogP contribution in [-0.2, 0) is 4.74 Å². The summed E-state index contributed by atoms with van der Waals surface area (Å²) in [5, 5.41) is 3.55. The number of rotatable bonds is 11. The Morgan fingerprint density at radius 3 is 2.47 bits per heavy atom. The molecule has 1 rings (SSSR count). The minimum absolute atomic E-state index is 0.615. The fraction of sp³-hybridized carbons (Fsp3) is 1.00. The number of hydrogen-bond acceptors (Lipinski definition) is 2. The van der Waals surface area contributed by atoms with Crippen LogP contribution in [0.5, 0.6) is 0 Å². The van der Waals surface area contributed by atoms with E-state index in [1.807, 2.05) is 0 Å². The topological polar surface area (TPSA) is 21.3 Å². The standard InChI is InChI=1S/C15H31NO/c1-4-7-8-13(5-2)11-17-12-15(16-6-3)14-9-10-14/h13-16H,4-12H2,1-3H3. The highest BCUT2D eigenvalue weighted by Crippen LogP contribution is 2.32. The molecule has 0 aliphatic heterocycles. The van der Waals surface area contributed by atoms with Crippen molar-refractivity contribution in [2.75, 3.05) is 19.8 Å². The van der Waals surface area contributed by atoms with Crippen LogP contribution in [-0.4, -0.2) is 25.8 Å². The maximum Gasteiger partial charge on any atom is 0.0622 e. The molecule has 2 atom stereocenters. The van der Waals surface area contributed by atoms with Crippen LogP contribution in [0, 0.1) is 11.8 Å². The van der Waals surface area contributed by atoms with Gasteiger partial charge in [-0.3, -0.25) is 0 Å². The molecule has 0 aromatic rings. The van der Waals surface area contributed by atoms with E-state index in [1.54, 1.807) is 0 Å². The Morgan fingerprint density at radius 1 is 1.18 bits per heavy atom. The van der Waals surface area contributed by atoms with Crippen molar-refractivity contribution in [1.82, 2.24) is 5.32 Å². The molecule has 0 bridgehead atoms. The first-order valence-corrected chi connectivity index (χ1v) is 7.62. The van der Waals surface area contributed by atoms with Crippen molar-refractivity contribution in [1.29, 1.82) is 0 Å². The third-order valence-corrected chi connectivity index (χ3v) is 3.85. The SMILES string of the molecule is CCCCC(CC)COCC(NCC)C1CC1. The second kappa shape index (κ2) is 8.93. The van der Waals surface area contributed by atoms with Gasteiger partial charge in [0.2, 0.25) is 0 Å². The minimum Gasteiger partial charge on any atom is -0.380 e. The highest BCUT2D eigenvalue weighted by Gasteiger charge is 2.30. The second-order valence-corrected chi connectivity index (χ2v) is 5.46. The zero-order valence-corrected chi connectivity index (χ0v) is 12.0. The Hall–Kier alpha value is -0.0800. The third-order valence-electron chi connectivity index (χ3n) is 3.85. The molecule has 0 amide bonds. The van der Waals surface area contributed by atoms with Gasteiger partial charge in [-0.05, 0) is 37.6 Å². The Kier molecular flexibility index (Phi) is 7.87. The third kappa shape index (κ3) is 6.42. The molecular formula is C15H31NO. The van der Waals surface area contributed by atoms with Crippen LogP contribution < -0.4 is 5.32 Å². The van der Waals surface area contributed by atoms with Crippen LogP contribution in [0.2, 0.25) is 0 Å². The van der Waals surface area contributed by atoms with Gasteiger partial charge in [0.25, 0.3) is 0 Å². The van der Waals surface area contributed by atoms with Crippen LogP contribution >= 0.6 is 0 Å². The van der Waals surface area contributed by atoms with E-state index < -0.39 is 0 Å². The van der Waals surface area contributed by atoms with Gasteiger partial charge in [0.05, 0.1) is 6.61 Å². The average molecular weight is 241 g/mol. The van der Waals surface area contributed by atoms with E-state index in [0.29, 0.717) is 6.04 Å². The van der Waals surface area contributed by atoms with Crippen LogP contribution in [0.25, 0.3) is 0 Å². The van der Waals surface area contributed by atoms with E-state index in [1.165, 1.54) is 38.5 Å². The molecule has 2 unspecified atom stereocenters. The highest BCUT2D eigenvalue weighted by atomic mass is 16.5. The van der Waals surface area contributed by atoms with Crippen LogP contribution in [0.3, 0.4) is 0 Å². The first kappa shape index (κ1) is 15.0. The van der Waals surface area contributed by atoms with Gasteiger partial charge in [-0.25, -0.2) is 0 Å². The quantitative estimate of drug-likeness (QED) is 0.596. The van der Waals surface area contributed by atoms with Crippen molar-refractivity contribution in [3.8, 4) is 0 Å². The number of nitrogens with one attached hydrogen (secondary N) is 1. The van der Waals surface area contributed by atoms with Gasteiger partial charge in [0, 0.05) is 12.6 Å². The van der Waals surface area contributed by atoms with Gasteiger partial charge in [0.1, 0.15) is 0 Å². The summed E-state index contributed by atoms with van der Waals surface area (Å²) in [6.07, 6.45) is 8.04. The Balaban J connectivity index is 2.10. The molecule has 17 heavy (non-hydrogen) atoms. The van der Waals surface area contributed by atoms with Gasteiger partial charge < -0.3 is 10.1 Å². The first-order chi connectivity index (χ1) is 8.31. The van der Waals surface area contributed by atoms with Crippen LogP contribution in [0.4, 0.5) is 0 Å². The second-order valence-electron chi connectivity index (χ2n) is 5.46. The number of unbranched alkanes of at least 4 members (excludes halogenated alkanes) is 1. The summed E-state index contributed by atoms with van der Waals surface area (Å²) in [5.41, 5.74) is 0. The first-order valence-electron chi connectivity index (χ1n) is 7.62. The molecule has 1 N–H and O–H groups in total. The molecule has 1 saturated carbocycles. The Morgan fingerprint density at radius 2 is 1.94 bits per heavy atom. The van der Waals surface area contributed by atoms with E-state index in [4.69, 9.17) is 4.74 Å². The summed E-state index contributed by atoms with van der Waals surface area (Å²) in [6, 6.07) is 0.615. The fourth-order valence-corrected chi connectivity index (χ4v) is 2.38. The van der Waals surface area contributed by atoms with E-state index in [9.17, 15) is 0 Å². The van der Waals surface area contributed by atoms with E-state index in [0.717, 1.165) is 31.6 Å². The zero-order valence-electron chi connectivity index (χ0n) is 12.0. The van der Waals surface area contributed by atoms with Gasteiger partial charge in [-0.2, -0.15) is 0 Å². The predicted molar refractivity (Wildman–Crippen MR) is 74.3 cm³/mol. The van der Waals surface area contributed by atoms with Crippen LogP contribution in [0.1, 0.15) is 59.3 Å². The van der Waals surface area contributed by atoms with Crippen molar-refractivity contribution in [3.63, 3.8) is 0 Å². The molecule has 1 fully saturated rings. The summed E-state index contributed by atoms with van der Waals surface area (Å²) in [6.45, 7) is 9.68. The maximum atomic E-state index is 5.94. The number of likely N-dealkylation sites (N-methyl/N-ethyl adjacent to an activating group) is 1. The molecule has 0 aromatic carbocycles. The molecule has 102 valence electrons. The molecule has 2 nitrogen and oxygen atoms in total. The lowest BCUT2D eigenvalue weighted by Gasteiger charge is -2.20. The van der Waals surface area contributed by atoms with E-state index >= 15 is 0 Å². The molecule has 2 heteroatoms. The van der Waals surface area contributed by atoms with Crippen molar-refractivity contribution in [3.05, 3.63) is 0 Å². The molecule has 0 spiro atoms. The molecule has 1 aliphatic carbocycles. The predicted octanol–water partition coefficient (Wildman–Crippen LogP) is 3.61. The molecule has 1 aliphatic rings. The summed E-state index contributed by atoms with van der Waals surface area (Å²) in [5.74, 6) is 1.67. The van der Waals surface area contributed by atoms with Gasteiger partial charge in [-0.1, -0.05) is 40.0 Å². The summed E-state index contributed by atoms with van der Waals surface area (Å²) < 4.78 is 5.94. The van der Waals surface area contributed by atoms with Gasteiger partial charge in [-0.15, -0.1) is 0 Å². The van der Waals surface area contributed by atoms with E-state index in [2.05, 4.69) is 26.1 Å². The number of ether oxygens (including phenoxy) is 1. The van der Waals surface area contributed by atoms with Crippen molar-refractivity contribution < 1.29 is 4.74 Å². The van der Waals surface area contributed by atoms with E-state index in [-0.39, 0.29) is 0 Å². The molecule has 0 saturated heterocycles. The molecule has 0 heterocycles. The molecular weight excluding hydrogens is 210 g/mol. The monoisotopic (exact) mass is 241 g/mol. The average Bonchev–Trinajstić information content (AvgIpc) is 3.16. The lowest BCUT2D eigenvalue weighted by atomic mass is 10.0. The molecule has 0 radical (unpaired) electrons. The highest BCUT2D eigenvalue weighted by molar-refractivity contribution is 4.86.